The van der Waals surface area contributed by atoms with Gasteiger partial charge in [-0.05, 0) is 49.5 Å². The number of nitriles is 1. The fourth-order valence-corrected chi connectivity index (χ4v) is 3.00. The van der Waals surface area contributed by atoms with Crippen molar-refractivity contribution >= 4 is 0 Å². The van der Waals surface area contributed by atoms with Crippen LogP contribution in [0.2, 0.25) is 0 Å². The van der Waals surface area contributed by atoms with Crippen molar-refractivity contribution in [3.8, 4) is 11.9 Å². The smallest absolute Gasteiger partial charge is 0.252 e. The van der Waals surface area contributed by atoms with Crippen molar-refractivity contribution < 1.29 is 4.74 Å². The predicted octanol–water partition coefficient (Wildman–Crippen LogP) is 3.82. The number of hydrogen-bond acceptors (Lipinski definition) is 4. The zero-order valence-electron chi connectivity index (χ0n) is 13.6. The van der Waals surface area contributed by atoms with Gasteiger partial charge in [0.15, 0.2) is 0 Å². The number of ether oxygens (including phenoxy) is 1. The van der Waals surface area contributed by atoms with Gasteiger partial charge in [-0.3, -0.25) is 0 Å². The lowest BCUT2D eigenvalue weighted by Crippen LogP contribution is -2.29. The molecule has 0 amide bonds. The van der Waals surface area contributed by atoms with Crippen molar-refractivity contribution in [2.24, 2.45) is 5.41 Å². The lowest BCUT2D eigenvalue weighted by Gasteiger charge is -2.34. The minimum absolute atomic E-state index is 0.164. The van der Waals surface area contributed by atoms with Crippen LogP contribution in [0.15, 0.2) is 0 Å². The third-order valence-corrected chi connectivity index (χ3v) is 4.49. The van der Waals surface area contributed by atoms with Crippen LogP contribution in [0, 0.1) is 16.7 Å². The highest BCUT2D eigenvalue weighted by molar-refractivity contribution is 5.46. The molecule has 0 atom stereocenters. The van der Waals surface area contributed by atoms with Crippen LogP contribution in [0.4, 0.5) is 0 Å². The molecule has 0 saturated heterocycles. The van der Waals surface area contributed by atoms with E-state index in [1.165, 1.54) is 0 Å². The molecule has 0 bridgehead atoms. The van der Waals surface area contributed by atoms with Crippen molar-refractivity contribution in [3.05, 3.63) is 16.8 Å². The molecular weight excluding hydrogens is 262 g/mol. The molecule has 1 fully saturated rings. The van der Waals surface area contributed by atoms with E-state index >= 15 is 0 Å². The number of rotatable bonds is 4. The summed E-state index contributed by atoms with van der Waals surface area (Å²) in [5.41, 5.74) is 2.88. The maximum absolute atomic E-state index is 9.47. The zero-order chi connectivity index (χ0) is 15.5. The molecule has 0 radical (unpaired) electrons. The quantitative estimate of drug-likeness (QED) is 0.844. The summed E-state index contributed by atoms with van der Waals surface area (Å²) in [5.74, 6) is 0.427. The largest absolute Gasteiger partial charge is 0.472 e. The van der Waals surface area contributed by atoms with Gasteiger partial charge in [-0.25, -0.2) is 0 Å². The van der Waals surface area contributed by atoms with Crippen LogP contribution in [0.3, 0.4) is 0 Å². The number of aryl methyl sites for hydroxylation is 1. The van der Waals surface area contributed by atoms with Gasteiger partial charge in [0.05, 0.1) is 5.69 Å². The predicted molar refractivity (Wildman–Crippen MR) is 82.2 cm³/mol. The molecule has 0 unspecified atom stereocenters. The van der Waals surface area contributed by atoms with Gasteiger partial charge < -0.3 is 4.74 Å². The van der Waals surface area contributed by atoms with Gasteiger partial charge in [0.1, 0.15) is 17.7 Å². The van der Waals surface area contributed by atoms with Gasteiger partial charge in [-0.1, -0.05) is 27.7 Å². The molecule has 0 spiro atoms. The molecule has 0 N–H and O–H groups in total. The van der Waals surface area contributed by atoms with E-state index in [0.717, 1.165) is 49.8 Å². The Labute approximate surface area is 127 Å². The Morgan fingerprint density at radius 2 is 1.86 bits per heavy atom. The molecule has 1 aliphatic carbocycles. The van der Waals surface area contributed by atoms with E-state index in [0.29, 0.717) is 16.9 Å². The van der Waals surface area contributed by atoms with Crippen molar-refractivity contribution in [1.82, 2.24) is 10.2 Å². The van der Waals surface area contributed by atoms with Crippen LogP contribution in [0.25, 0.3) is 0 Å². The Hall–Kier alpha value is -1.63. The molecule has 1 heterocycles. The van der Waals surface area contributed by atoms with Gasteiger partial charge in [0.25, 0.3) is 5.88 Å². The Kier molecular flexibility index (Phi) is 4.82. The first kappa shape index (κ1) is 15.8. The summed E-state index contributed by atoms with van der Waals surface area (Å²) >= 11 is 0. The topological polar surface area (TPSA) is 58.8 Å². The van der Waals surface area contributed by atoms with Crippen LogP contribution in [0.5, 0.6) is 5.88 Å². The number of aromatic nitrogens is 2. The van der Waals surface area contributed by atoms with Crippen molar-refractivity contribution in [2.45, 2.75) is 72.3 Å². The minimum atomic E-state index is 0.164. The van der Waals surface area contributed by atoms with Crippen molar-refractivity contribution in [2.75, 3.05) is 0 Å². The Morgan fingerprint density at radius 3 is 2.38 bits per heavy atom. The van der Waals surface area contributed by atoms with Gasteiger partial charge >= 0.3 is 0 Å². The summed E-state index contributed by atoms with van der Waals surface area (Å²) in [6.45, 7) is 8.68. The summed E-state index contributed by atoms with van der Waals surface area (Å²) in [4.78, 5) is 0. The monoisotopic (exact) mass is 287 g/mol. The van der Waals surface area contributed by atoms with E-state index in [9.17, 15) is 5.26 Å². The molecule has 1 saturated carbocycles. The normalized spacial score (nSPS) is 18.2. The van der Waals surface area contributed by atoms with Crippen LogP contribution in [-0.4, -0.2) is 16.3 Å². The first-order valence-electron chi connectivity index (χ1n) is 7.96. The third-order valence-electron chi connectivity index (χ3n) is 4.49. The van der Waals surface area contributed by atoms with Gasteiger partial charge in [-0.2, -0.15) is 10.4 Å². The van der Waals surface area contributed by atoms with Crippen LogP contribution < -0.4 is 4.74 Å². The fourth-order valence-electron chi connectivity index (χ4n) is 3.00. The molecule has 1 aliphatic rings. The summed E-state index contributed by atoms with van der Waals surface area (Å²) in [6.07, 6.45) is 6.10. The van der Waals surface area contributed by atoms with Gasteiger partial charge in [0.2, 0.25) is 0 Å². The molecule has 2 rings (SSSR count). The molecule has 1 aromatic heterocycles. The highest BCUT2D eigenvalue weighted by atomic mass is 16.5. The molecule has 4 heteroatoms. The summed E-state index contributed by atoms with van der Waals surface area (Å²) in [7, 11) is 0. The van der Waals surface area contributed by atoms with Crippen LogP contribution in [-0.2, 0) is 12.8 Å². The van der Waals surface area contributed by atoms with Crippen molar-refractivity contribution in [1.29, 1.82) is 5.26 Å². The van der Waals surface area contributed by atoms with Gasteiger partial charge in [0, 0.05) is 0 Å². The maximum atomic E-state index is 9.47. The molecule has 114 valence electrons. The molecular formula is C17H25N3O. The molecule has 0 aliphatic heterocycles. The second-order valence-corrected chi connectivity index (χ2v) is 6.61. The van der Waals surface area contributed by atoms with E-state index in [-0.39, 0.29) is 6.10 Å². The molecule has 1 aromatic rings. The number of nitrogens with zero attached hydrogens (tertiary/aromatic N) is 3. The second-order valence-electron chi connectivity index (χ2n) is 6.61. The highest BCUT2D eigenvalue weighted by Crippen LogP contribution is 2.36. The number of hydrogen-bond donors (Lipinski definition) is 0. The highest BCUT2D eigenvalue weighted by Gasteiger charge is 2.29. The minimum Gasteiger partial charge on any atom is -0.472 e. The van der Waals surface area contributed by atoms with E-state index in [1.54, 1.807) is 0 Å². The summed E-state index contributed by atoms with van der Waals surface area (Å²) in [6, 6.07) is 2.27. The molecule has 4 nitrogen and oxygen atoms in total. The second kappa shape index (κ2) is 6.43. The Morgan fingerprint density at radius 1 is 1.19 bits per heavy atom. The average molecular weight is 287 g/mol. The summed E-state index contributed by atoms with van der Waals surface area (Å²) < 4.78 is 6.02. The van der Waals surface area contributed by atoms with E-state index < -0.39 is 0 Å². The van der Waals surface area contributed by atoms with E-state index in [4.69, 9.17) is 4.74 Å². The summed E-state index contributed by atoms with van der Waals surface area (Å²) in [5, 5.41) is 17.9. The first-order valence-corrected chi connectivity index (χ1v) is 7.96. The average Bonchev–Trinajstić information content (AvgIpc) is 2.48. The van der Waals surface area contributed by atoms with E-state index in [1.807, 2.05) is 13.8 Å². The third kappa shape index (κ3) is 3.53. The lowest BCUT2D eigenvalue weighted by atomic mass is 9.76. The molecule has 0 aromatic carbocycles. The van der Waals surface area contributed by atoms with Crippen LogP contribution in [0.1, 0.15) is 70.2 Å². The maximum Gasteiger partial charge on any atom is 0.252 e. The Bertz CT molecular complexity index is 536. The van der Waals surface area contributed by atoms with Gasteiger partial charge in [-0.15, -0.1) is 5.10 Å². The lowest BCUT2D eigenvalue weighted by molar-refractivity contribution is 0.0935. The Balaban J connectivity index is 2.19. The first-order chi connectivity index (χ1) is 10.0. The fraction of sp³-hybridized carbons (Fsp3) is 0.706. The molecule has 21 heavy (non-hydrogen) atoms. The standard InChI is InChI=1S/C17H25N3O/c1-5-13-14(11-18)16(20-19-15(13)6-2)21-12-7-9-17(3,4)10-8-12/h12H,5-10H2,1-4H3. The van der Waals surface area contributed by atoms with Crippen LogP contribution >= 0.6 is 0 Å². The van der Waals surface area contributed by atoms with Crippen molar-refractivity contribution in [3.63, 3.8) is 0 Å². The SMILES string of the molecule is CCc1nnc(OC2CCC(C)(C)CC2)c(C#N)c1CC. The zero-order valence-corrected chi connectivity index (χ0v) is 13.6. The van der Waals surface area contributed by atoms with E-state index in [2.05, 4.69) is 30.1 Å².